The molecule has 20 heavy (non-hydrogen) atoms. The first kappa shape index (κ1) is 16.2. The molecule has 0 bridgehead atoms. The SMILES string of the molecule is CC(=O)c1ccc(CN[C@H](C)c2ncccn2)nc1.Cl. The highest BCUT2D eigenvalue weighted by Gasteiger charge is 2.07. The lowest BCUT2D eigenvalue weighted by Crippen LogP contribution is -2.20. The molecule has 6 heteroatoms. The molecule has 2 heterocycles. The van der Waals surface area contributed by atoms with Gasteiger partial charge in [0.15, 0.2) is 5.78 Å². The minimum Gasteiger partial charge on any atom is -0.302 e. The van der Waals surface area contributed by atoms with Gasteiger partial charge in [-0.15, -0.1) is 12.4 Å². The van der Waals surface area contributed by atoms with E-state index in [9.17, 15) is 4.79 Å². The predicted octanol–water partition coefficient (Wildman–Crippen LogP) is 2.35. The molecule has 5 nitrogen and oxygen atoms in total. The Morgan fingerprint density at radius 2 is 1.95 bits per heavy atom. The van der Waals surface area contributed by atoms with E-state index in [4.69, 9.17) is 0 Å². The summed E-state index contributed by atoms with van der Waals surface area (Å²) in [6.45, 7) is 4.14. The third-order valence-electron chi connectivity index (χ3n) is 2.79. The van der Waals surface area contributed by atoms with E-state index in [0.29, 0.717) is 12.1 Å². The van der Waals surface area contributed by atoms with E-state index in [-0.39, 0.29) is 24.2 Å². The molecule has 1 atom stereocenters. The van der Waals surface area contributed by atoms with E-state index in [1.807, 2.05) is 13.0 Å². The van der Waals surface area contributed by atoms with Gasteiger partial charge in [-0.1, -0.05) is 0 Å². The minimum absolute atomic E-state index is 0. The van der Waals surface area contributed by atoms with Gasteiger partial charge in [0.1, 0.15) is 5.82 Å². The van der Waals surface area contributed by atoms with Gasteiger partial charge in [-0.25, -0.2) is 9.97 Å². The van der Waals surface area contributed by atoms with Crippen molar-refractivity contribution in [2.75, 3.05) is 0 Å². The fourth-order valence-electron chi connectivity index (χ4n) is 1.62. The second-order valence-corrected chi connectivity index (χ2v) is 4.30. The van der Waals surface area contributed by atoms with Crippen molar-refractivity contribution in [2.45, 2.75) is 26.4 Å². The number of rotatable bonds is 5. The first-order valence-corrected chi connectivity index (χ1v) is 6.13. The van der Waals surface area contributed by atoms with Crippen LogP contribution in [0.15, 0.2) is 36.8 Å². The highest BCUT2D eigenvalue weighted by atomic mass is 35.5. The number of pyridine rings is 1. The van der Waals surface area contributed by atoms with Crippen LogP contribution in [0.25, 0.3) is 0 Å². The molecule has 0 unspecified atom stereocenters. The molecular weight excluding hydrogens is 276 g/mol. The van der Waals surface area contributed by atoms with Gasteiger partial charge < -0.3 is 5.32 Å². The van der Waals surface area contributed by atoms with Crippen LogP contribution in [0.3, 0.4) is 0 Å². The molecule has 0 aliphatic heterocycles. The van der Waals surface area contributed by atoms with Crippen molar-refractivity contribution in [1.29, 1.82) is 0 Å². The summed E-state index contributed by atoms with van der Waals surface area (Å²) in [6, 6.07) is 5.48. The summed E-state index contributed by atoms with van der Waals surface area (Å²) in [5.41, 5.74) is 1.51. The Hall–Kier alpha value is -1.85. The van der Waals surface area contributed by atoms with E-state index in [0.717, 1.165) is 11.5 Å². The first-order chi connectivity index (χ1) is 9.16. The second-order valence-electron chi connectivity index (χ2n) is 4.30. The van der Waals surface area contributed by atoms with Crippen molar-refractivity contribution in [3.63, 3.8) is 0 Å². The lowest BCUT2D eigenvalue weighted by Gasteiger charge is -2.11. The fraction of sp³-hybridized carbons (Fsp3) is 0.286. The van der Waals surface area contributed by atoms with Crippen LogP contribution in [-0.4, -0.2) is 20.7 Å². The van der Waals surface area contributed by atoms with Gasteiger partial charge in [0.2, 0.25) is 0 Å². The number of aromatic nitrogens is 3. The number of halogens is 1. The molecule has 0 aliphatic rings. The normalized spacial score (nSPS) is 11.5. The van der Waals surface area contributed by atoms with Crippen molar-refractivity contribution in [2.24, 2.45) is 0 Å². The number of hydrogen-bond donors (Lipinski definition) is 1. The average molecular weight is 293 g/mol. The van der Waals surface area contributed by atoms with E-state index in [2.05, 4.69) is 20.3 Å². The largest absolute Gasteiger partial charge is 0.302 e. The maximum absolute atomic E-state index is 11.1. The van der Waals surface area contributed by atoms with E-state index >= 15 is 0 Å². The number of hydrogen-bond acceptors (Lipinski definition) is 5. The Bertz CT molecular complexity index is 545. The molecule has 0 aromatic carbocycles. The summed E-state index contributed by atoms with van der Waals surface area (Å²) in [5.74, 6) is 0.779. The number of ketones is 1. The molecule has 0 saturated heterocycles. The van der Waals surface area contributed by atoms with Crippen LogP contribution >= 0.6 is 12.4 Å². The van der Waals surface area contributed by atoms with Crippen molar-refractivity contribution in [3.8, 4) is 0 Å². The van der Waals surface area contributed by atoms with Crippen LogP contribution in [0.2, 0.25) is 0 Å². The maximum atomic E-state index is 11.1. The van der Waals surface area contributed by atoms with Gasteiger partial charge in [0.05, 0.1) is 11.7 Å². The zero-order valence-electron chi connectivity index (χ0n) is 11.4. The number of nitrogens with zero attached hydrogens (tertiary/aromatic N) is 3. The molecule has 0 radical (unpaired) electrons. The zero-order valence-corrected chi connectivity index (χ0v) is 12.2. The maximum Gasteiger partial charge on any atom is 0.161 e. The quantitative estimate of drug-likeness (QED) is 0.857. The molecule has 0 aliphatic carbocycles. The van der Waals surface area contributed by atoms with Gasteiger partial charge in [-0.2, -0.15) is 0 Å². The van der Waals surface area contributed by atoms with Gasteiger partial charge in [0, 0.05) is 30.7 Å². The Morgan fingerprint density at radius 1 is 1.25 bits per heavy atom. The van der Waals surface area contributed by atoms with Crippen molar-refractivity contribution in [3.05, 3.63) is 53.9 Å². The van der Waals surface area contributed by atoms with Crippen molar-refractivity contribution in [1.82, 2.24) is 20.3 Å². The van der Waals surface area contributed by atoms with Gasteiger partial charge in [0.25, 0.3) is 0 Å². The number of Topliss-reactive ketones (excluding diaryl/α,β-unsaturated/α-hetero) is 1. The lowest BCUT2D eigenvalue weighted by atomic mass is 10.2. The molecule has 1 N–H and O–H groups in total. The van der Waals surface area contributed by atoms with E-state index in [1.54, 1.807) is 30.7 Å². The molecule has 2 aromatic heterocycles. The standard InChI is InChI=1S/C14H16N4O.ClH/c1-10(14-15-6-3-7-16-14)17-9-13-5-4-12(8-18-13)11(2)19;/h3-8,10,17H,9H2,1-2H3;1H/t10-;/m1./s1. The third-order valence-corrected chi connectivity index (χ3v) is 2.79. The minimum atomic E-state index is 0. The molecule has 2 aromatic rings. The zero-order chi connectivity index (χ0) is 13.7. The highest BCUT2D eigenvalue weighted by Crippen LogP contribution is 2.07. The Kier molecular flexibility index (Phi) is 6.21. The molecule has 0 amide bonds. The average Bonchev–Trinajstić information content (AvgIpc) is 2.46. The van der Waals surface area contributed by atoms with Crippen LogP contribution in [-0.2, 0) is 6.54 Å². The number of carbonyl (C=O) groups is 1. The topological polar surface area (TPSA) is 67.8 Å². The van der Waals surface area contributed by atoms with Crippen LogP contribution in [0.4, 0.5) is 0 Å². The predicted molar refractivity (Wildman–Crippen MR) is 78.8 cm³/mol. The highest BCUT2D eigenvalue weighted by molar-refractivity contribution is 5.93. The van der Waals surface area contributed by atoms with Gasteiger partial charge >= 0.3 is 0 Å². The number of carbonyl (C=O) groups excluding carboxylic acids is 1. The second kappa shape index (κ2) is 7.67. The van der Waals surface area contributed by atoms with Crippen molar-refractivity contribution >= 4 is 18.2 Å². The summed E-state index contributed by atoms with van der Waals surface area (Å²) in [7, 11) is 0. The number of nitrogens with one attached hydrogen (secondary N) is 1. The van der Waals surface area contributed by atoms with Gasteiger partial charge in [-0.05, 0) is 32.0 Å². The summed E-state index contributed by atoms with van der Waals surface area (Å²) in [6.07, 6.45) is 5.05. The summed E-state index contributed by atoms with van der Waals surface area (Å²) >= 11 is 0. The Labute approximate surface area is 124 Å². The summed E-state index contributed by atoms with van der Waals surface area (Å²) in [4.78, 5) is 23.8. The Balaban J connectivity index is 0.00000200. The smallest absolute Gasteiger partial charge is 0.161 e. The van der Waals surface area contributed by atoms with E-state index in [1.165, 1.54) is 6.92 Å². The molecular formula is C14H17ClN4O. The Morgan fingerprint density at radius 3 is 2.50 bits per heavy atom. The molecule has 0 spiro atoms. The molecule has 106 valence electrons. The van der Waals surface area contributed by atoms with Crippen LogP contribution in [0, 0.1) is 0 Å². The van der Waals surface area contributed by atoms with E-state index < -0.39 is 0 Å². The summed E-state index contributed by atoms with van der Waals surface area (Å²) < 4.78 is 0. The fourth-order valence-corrected chi connectivity index (χ4v) is 1.62. The monoisotopic (exact) mass is 292 g/mol. The molecule has 0 saturated carbocycles. The third kappa shape index (κ3) is 4.36. The summed E-state index contributed by atoms with van der Waals surface area (Å²) in [5, 5.41) is 3.29. The molecule has 2 rings (SSSR count). The van der Waals surface area contributed by atoms with Crippen LogP contribution in [0.5, 0.6) is 0 Å². The van der Waals surface area contributed by atoms with Crippen LogP contribution < -0.4 is 5.32 Å². The van der Waals surface area contributed by atoms with Crippen molar-refractivity contribution < 1.29 is 4.79 Å². The van der Waals surface area contributed by atoms with Crippen LogP contribution in [0.1, 0.15) is 41.8 Å². The van der Waals surface area contributed by atoms with Gasteiger partial charge in [-0.3, -0.25) is 9.78 Å². The first-order valence-electron chi connectivity index (χ1n) is 6.13. The molecule has 0 fully saturated rings. The lowest BCUT2D eigenvalue weighted by molar-refractivity contribution is 0.101.